The molecular formula is C11H19O6P. The molecule has 0 radical (unpaired) electrons. The Morgan fingerprint density at radius 1 is 1.00 bits per heavy atom. The highest BCUT2D eigenvalue weighted by Gasteiger charge is 2.49. The van der Waals surface area contributed by atoms with Gasteiger partial charge in [-0.2, -0.15) is 0 Å². The van der Waals surface area contributed by atoms with E-state index in [1.54, 1.807) is 13.8 Å². The number of ether oxygens (including phenoxy) is 3. The Hall–Kier alpha value is -1.16. The first-order valence-electron chi connectivity index (χ1n) is 5.62. The Kier molecular flexibility index (Phi) is 7.51. The number of esters is 3. The van der Waals surface area contributed by atoms with Crippen LogP contribution in [0.5, 0.6) is 0 Å². The van der Waals surface area contributed by atoms with E-state index in [1.807, 2.05) is 0 Å². The SMILES string of the molecule is CCOC(=O)C(CP)(COC(C)=O)C(=O)OCC. The molecule has 0 rings (SSSR count). The summed E-state index contributed by atoms with van der Waals surface area (Å²) in [5.41, 5.74) is -1.61. The fourth-order valence-corrected chi connectivity index (χ4v) is 1.64. The van der Waals surface area contributed by atoms with Crippen molar-refractivity contribution in [2.75, 3.05) is 26.0 Å². The maximum absolute atomic E-state index is 11.9. The Labute approximate surface area is 109 Å². The van der Waals surface area contributed by atoms with E-state index < -0.39 is 23.3 Å². The predicted molar refractivity (Wildman–Crippen MR) is 66.9 cm³/mol. The van der Waals surface area contributed by atoms with Crippen LogP contribution in [0.15, 0.2) is 0 Å². The molecule has 1 atom stereocenters. The lowest BCUT2D eigenvalue weighted by Crippen LogP contribution is -2.47. The van der Waals surface area contributed by atoms with E-state index in [-0.39, 0.29) is 26.0 Å². The van der Waals surface area contributed by atoms with Crippen LogP contribution in [-0.4, -0.2) is 43.9 Å². The van der Waals surface area contributed by atoms with Gasteiger partial charge in [0.2, 0.25) is 5.41 Å². The molecule has 0 saturated heterocycles. The van der Waals surface area contributed by atoms with Crippen LogP contribution in [0, 0.1) is 5.41 Å². The van der Waals surface area contributed by atoms with Crippen molar-refractivity contribution in [3.8, 4) is 0 Å². The van der Waals surface area contributed by atoms with Crippen LogP contribution < -0.4 is 0 Å². The highest BCUT2D eigenvalue weighted by atomic mass is 31.0. The van der Waals surface area contributed by atoms with Crippen LogP contribution in [0.4, 0.5) is 0 Å². The molecule has 0 saturated carbocycles. The van der Waals surface area contributed by atoms with Gasteiger partial charge in [0, 0.05) is 6.92 Å². The van der Waals surface area contributed by atoms with Crippen LogP contribution in [0.3, 0.4) is 0 Å². The van der Waals surface area contributed by atoms with E-state index in [0.29, 0.717) is 0 Å². The average molecular weight is 278 g/mol. The molecule has 0 aromatic heterocycles. The topological polar surface area (TPSA) is 78.9 Å². The minimum Gasteiger partial charge on any atom is -0.465 e. The van der Waals surface area contributed by atoms with Crippen molar-refractivity contribution in [3.05, 3.63) is 0 Å². The second-order valence-corrected chi connectivity index (χ2v) is 3.92. The lowest BCUT2D eigenvalue weighted by atomic mass is 9.91. The molecule has 0 aliphatic heterocycles. The van der Waals surface area contributed by atoms with Crippen molar-refractivity contribution >= 4 is 27.1 Å². The van der Waals surface area contributed by atoms with Gasteiger partial charge in [0.1, 0.15) is 6.61 Å². The Bertz CT molecular complexity index is 297. The van der Waals surface area contributed by atoms with Crippen molar-refractivity contribution < 1.29 is 28.6 Å². The van der Waals surface area contributed by atoms with Crippen molar-refractivity contribution in [2.24, 2.45) is 5.41 Å². The van der Waals surface area contributed by atoms with Gasteiger partial charge in [-0.05, 0) is 20.0 Å². The smallest absolute Gasteiger partial charge is 0.327 e. The van der Waals surface area contributed by atoms with Crippen LogP contribution in [-0.2, 0) is 28.6 Å². The molecule has 0 amide bonds. The van der Waals surface area contributed by atoms with Gasteiger partial charge in [-0.25, -0.2) is 0 Å². The average Bonchev–Trinajstić information content (AvgIpc) is 2.30. The first-order valence-corrected chi connectivity index (χ1v) is 6.44. The first-order chi connectivity index (χ1) is 8.44. The van der Waals surface area contributed by atoms with Gasteiger partial charge < -0.3 is 14.2 Å². The summed E-state index contributed by atoms with van der Waals surface area (Å²) in [7, 11) is 2.27. The van der Waals surface area contributed by atoms with E-state index in [4.69, 9.17) is 14.2 Å². The molecule has 0 aromatic carbocycles. The predicted octanol–water partition coefficient (Wildman–Crippen LogP) is 0.537. The molecule has 0 aliphatic carbocycles. The zero-order valence-corrected chi connectivity index (χ0v) is 12.0. The van der Waals surface area contributed by atoms with E-state index >= 15 is 0 Å². The maximum Gasteiger partial charge on any atom is 0.327 e. The summed E-state index contributed by atoms with van der Waals surface area (Å²) < 4.78 is 14.5. The molecule has 0 bridgehead atoms. The fraction of sp³-hybridized carbons (Fsp3) is 0.727. The van der Waals surface area contributed by atoms with Gasteiger partial charge in [-0.15, -0.1) is 9.24 Å². The quantitative estimate of drug-likeness (QED) is 0.293. The molecule has 0 aromatic rings. The summed E-state index contributed by atoms with van der Waals surface area (Å²) in [6, 6.07) is 0. The molecule has 7 heteroatoms. The number of rotatable bonds is 7. The summed E-state index contributed by atoms with van der Waals surface area (Å²) in [4.78, 5) is 34.6. The third kappa shape index (κ3) is 4.26. The number of carbonyl (C=O) groups is 3. The van der Waals surface area contributed by atoms with Gasteiger partial charge >= 0.3 is 17.9 Å². The monoisotopic (exact) mass is 278 g/mol. The summed E-state index contributed by atoms with van der Waals surface area (Å²) in [5, 5.41) is 0. The van der Waals surface area contributed by atoms with Crippen molar-refractivity contribution in [3.63, 3.8) is 0 Å². The third-order valence-electron chi connectivity index (χ3n) is 2.20. The molecule has 104 valence electrons. The molecule has 6 nitrogen and oxygen atoms in total. The molecule has 0 N–H and O–H groups in total. The van der Waals surface area contributed by atoms with Crippen molar-refractivity contribution in [1.29, 1.82) is 0 Å². The van der Waals surface area contributed by atoms with Gasteiger partial charge in [0.15, 0.2) is 0 Å². The summed E-state index contributed by atoms with van der Waals surface area (Å²) in [6.07, 6.45) is 0.0535. The van der Waals surface area contributed by atoms with E-state index in [9.17, 15) is 14.4 Å². The van der Waals surface area contributed by atoms with Crippen LogP contribution in [0.2, 0.25) is 0 Å². The largest absolute Gasteiger partial charge is 0.465 e. The number of carbonyl (C=O) groups excluding carboxylic acids is 3. The lowest BCUT2D eigenvalue weighted by molar-refractivity contribution is -0.175. The van der Waals surface area contributed by atoms with Crippen LogP contribution in [0.25, 0.3) is 0 Å². The van der Waals surface area contributed by atoms with Crippen LogP contribution >= 0.6 is 9.24 Å². The molecule has 0 heterocycles. The fourth-order valence-electron chi connectivity index (χ4n) is 1.19. The second-order valence-electron chi connectivity index (χ2n) is 3.51. The number of hydrogen-bond donors (Lipinski definition) is 0. The summed E-state index contributed by atoms with van der Waals surface area (Å²) in [5.74, 6) is -2.08. The Morgan fingerprint density at radius 3 is 1.72 bits per heavy atom. The Balaban J connectivity index is 5.11. The highest BCUT2D eigenvalue weighted by Crippen LogP contribution is 2.25. The van der Waals surface area contributed by atoms with Gasteiger partial charge in [0.05, 0.1) is 13.2 Å². The van der Waals surface area contributed by atoms with Gasteiger partial charge in [-0.3, -0.25) is 14.4 Å². The van der Waals surface area contributed by atoms with Crippen LogP contribution in [0.1, 0.15) is 20.8 Å². The first kappa shape index (κ1) is 16.8. The second kappa shape index (κ2) is 8.03. The zero-order chi connectivity index (χ0) is 14.2. The van der Waals surface area contributed by atoms with E-state index in [1.165, 1.54) is 6.92 Å². The summed E-state index contributed by atoms with van der Waals surface area (Å²) >= 11 is 0. The third-order valence-corrected chi connectivity index (χ3v) is 2.90. The summed E-state index contributed by atoms with van der Waals surface area (Å²) in [6.45, 7) is 4.33. The van der Waals surface area contributed by atoms with E-state index in [0.717, 1.165) is 0 Å². The van der Waals surface area contributed by atoms with Crippen molar-refractivity contribution in [1.82, 2.24) is 0 Å². The standard InChI is InChI=1S/C11H19O6P/c1-4-15-9(13)11(7-18,6-17-8(3)12)10(14)16-5-2/h4-7,18H2,1-3H3. The normalized spacial score (nSPS) is 10.7. The lowest BCUT2D eigenvalue weighted by Gasteiger charge is -2.26. The molecule has 18 heavy (non-hydrogen) atoms. The number of hydrogen-bond acceptors (Lipinski definition) is 6. The minimum absolute atomic E-state index is 0.0535. The van der Waals surface area contributed by atoms with Gasteiger partial charge in [-0.1, -0.05) is 0 Å². The molecule has 1 unspecified atom stereocenters. The van der Waals surface area contributed by atoms with Gasteiger partial charge in [0.25, 0.3) is 0 Å². The zero-order valence-electron chi connectivity index (χ0n) is 10.9. The highest BCUT2D eigenvalue weighted by molar-refractivity contribution is 7.16. The molecular weight excluding hydrogens is 259 g/mol. The molecule has 0 fully saturated rings. The van der Waals surface area contributed by atoms with E-state index in [2.05, 4.69) is 9.24 Å². The Morgan fingerprint density at radius 2 is 1.44 bits per heavy atom. The minimum atomic E-state index is -1.61. The maximum atomic E-state index is 11.9. The van der Waals surface area contributed by atoms with Crippen molar-refractivity contribution in [2.45, 2.75) is 20.8 Å². The molecule has 0 spiro atoms. The molecule has 0 aliphatic rings.